The Morgan fingerprint density at radius 1 is 1.25 bits per heavy atom. The Bertz CT molecular complexity index is 889. The van der Waals surface area contributed by atoms with Crippen LogP contribution >= 0.6 is 15.9 Å². The number of methoxy groups -OCH3 is 1. The molecule has 0 aromatic heterocycles. The highest BCUT2D eigenvalue weighted by molar-refractivity contribution is 9.10. The van der Waals surface area contributed by atoms with E-state index in [1.165, 1.54) is 18.9 Å². The third kappa shape index (κ3) is 5.73. The summed E-state index contributed by atoms with van der Waals surface area (Å²) in [5, 5.41) is 13.7. The number of phenols is 1. The van der Waals surface area contributed by atoms with E-state index in [9.17, 15) is 9.90 Å². The molecule has 2 rings (SSSR count). The van der Waals surface area contributed by atoms with Crippen LogP contribution < -0.4 is 14.9 Å². The molecule has 0 saturated heterocycles. The molecule has 28 heavy (non-hydrogen) atoms. The van der Waals surface area contributed by atoms with Gasteiger partial charge in [0.2, 0.25) is 0 Å². The third-order valence-corrected chi connectivity index (χ3v) is 4.68. The van der Waals surface area contributed by atoms with E-state index in [0.29, 0.717) is 21.5 Å². The molecule has 7 heteroatoms. The van der Waals surface area contributed by atoms with Crippen molar-refractivity contribution < 1.29 is 19.4 Å². The molecule has 0 spiro atoms. The first-order chi connectivity index (χ1) is 13.1. The number of carbonyl (C=O) groups is 1. The van der Waals surface area contributed by atoms with Gasteiger partial charge in [0.25, 0.3) is 5.91 Å². The van der Waals surface area contributed by atoms with Crippen molar-refractivity contribution in [1.82, 2.24) is 5.43 Å². The summed E-state index contributed by atoms with van der Waals surface area (Å²) in [6.45, 7) is 8.26. The molecule has 0 unspecified atom stereocenters. The van der Waals surface area contributed by atoms with Crippen LogP contribution in [0.15, 0.2) is 39.9 Å². The zero-order chi connectivity index (χ0) is 20.9. The Kier molecular flexibility index (Phi) is 7.07. The van der Waals surface area contributed by atoms with Crippen molar-refractivity contribution in [3.05, 3.63) is 51.5 Å². The van der Waals surface area contributed by atoms with Gasteiger partial charge in [-0.25, -0.2) is 5.43 Å². The first-order valence-electron chi connectivity index (χ1n) is 8.74. The molecule has 0 aliphatic carbocycles. The number of nitrogens with one attached hydrogen (secondary N) is 1. The Labute approximate surface area is 173 Å². The summed E-state index contributed by atoms with van der Waals surface area (Å²) in [5.41, 5.74) is 5.31. The number of aryl methyl sites for hydroxylation is 1. The topological polar surface area (TPSA) is 80.2 Å². The minimum Gasteiger partial charge on any atom is -0.503 e. The number of rotatable bonds is 6. The number of hydrogen-bond donors (Lipinski definition) is 2. The van der Waals surface area contributed by atoms with Crippen molar-refractivity contribution >= 4 is 28.1 Å². The van der Waals surface area contributed by atoms with E-state index in [2.05, 4.69) is 53.3 Å². The van der Waals surface area contributed by atoms with Crippen LogP contribution in [-0.4, -0.2) is 30.9 Å². The van der Waals surface area contributed by atoms with Crippen LogP contribution in [0.3, 0.4) is 0 Å². The lowest BCUT2D eigenvalue weighted by atomic mass is 9.86. The number of hydrazone groups is 1. The van der Waals surface area contributed by atoms with E-state index in [1.54, 1.807) is 12.1 Å². The van der Waals surface area contributed by atoms with Gasteiger partial charge in [0.1, 0.15) is 5.75 Å². The highest BCUT2D eigenvalue weighted by Gasteiger charge is 2.15. The van der Waals surface area contributed by atoms with Crippen molar-refractivity contribution in [3.63, 3.8) is 0 Å². The quantitative estimate of drug-likeness (QED) is 0.509. The van der Waals surface area contributed by atoms with Gasteiger partial charge in [-0.1, -0.05) is 32.9 Å². The number of hydrogen-bond acceptors (Lipinski definition) is 5. The monoisotopic (exact) mass is 448 g/mol. The lowest BCUT2D eigenvalue weighted by molar-refractivity contribution is -0.123. The van der Waals surface area contributed by atoms with Gasteiger partial charge >= 0.3 is 0 Å². The average molecular weight is 449 g/mol. The summed E-state index contributed by atoms with van der Waals surface area (Å²) < 4.78 is 11.1. The molecule has 6 nitrogen and oxygen atoms in total. The van der Waals surface area contributed by atoms with E-state index >= 15 is 0 Å². The van der Waals surface area contributed by atoms with Gasteiger partial charge in [0.05, 0.1) is 17.8 Å². The number of halogens is 1. The average Bonchev–Trinajstić information content (AvgIpc) is 2.62. The van der Waals surface area contributed by atoms with E-state index in [-0.39, 0.29) is 23.7 Å². The molecule has 0 aliphatic rings. The fourth-order valence-electron chi connectivity index (χ4n) is 2.46. The maximum absolute atomic E-state index is 12.0. The van der Waals surface area contributed by atoms with Crippen molar-refractivity contribution in [1.29, 1.82) is 0 Å². The maximum Gasteiger partial charge on any atom is 0.277 e. The number of phenolic OH excluding ortho intramolecular Hbond substituents is 1. The molecule has 0 fully saturated rings. The fourth-order valence-corrected chi connectivity index (χ4v) is 2.92. The SMILES string of the molecule is COc1cc(/C=N\NC(=O)COc2ccc(C(C)(C)C)cc2C)cc(Br)c1O. The van der Waals surface area contributed by atoms with Gasteiger partial charge < -0.3 is 14.6 Å². The predicted octanol–water partition coefficient (Wildman–Crippen LogP) is 4.30. The van der Waals surface area contributed by atoms with Gasteiger partial charge in [-0.2, -0.15) is 5.10 Å². The molecule has 2 N–H and O–H groups in total. The van der Waals surface area contributed by atoms with Crippen molar-refractivity contribution in [2.45, 2.75) is 33.1 Å². The van der Waals surface area contributed by atoms with E-state index in [0.717, 1.165) is 5.56 Å². The summed E-state index contributed by atoms with van der Waals surface area (Å²) >= 11 is 3.23. The largest absolute Gasteiger partial charge is 0.503 e. The molecule has 0 radical (unpaired) electrons. The number of amides is 1. The number of carbonyl (C=O) groups excluding carboxylic acids is 1. The van der Waals surface area contributed by atoms with Crippen LogP contribution in [0.2, 0.25) is 0 Å². The Morgan fingerprint density at radius 2 is 1.96 bits per heavy atom. The van der Waals surface area contributed by atoms with Crippen molar-refractivity contribution in [3.8, 4) is 17.2 Å². The van der Waals surface area contributed by atoms with Crippen LogP contribution in [0.5, 0.6) is 17.2 Å². The molecule has 150 valence electrons. The highest BCUT2D eigenvalue weighted by Crippen LogP contribution is 2.34. The second-order valence-corrected chi connectivity index (χ2v) is 8.22. The molecular formula is C21H25BrN2O4. The van der Waals surface area contributed by atoms with Crippen molar-refractivity contribution in [2.75, 3.05) is 13.7 Å². The standard InChI is InChI=1S/C21H25BrN2O4/c1-13-8-15(21(2,3)4)6-7-17(13)28-12-19(25)24-23-11-14-9-16(22)20(26)18(10-14)27-5/h6-11,26H,12H2,1-5H3,(H,24,25)/b23-11-. The van der Waals surface area contributed by atoms with Crippen molar-refractivity contribution in [2.24, 2.45) is 5.10 Å². The molecule has 0 bridgehead atoms. The Balaban J connectivity index is 1.93. The van der Waals surface area contributed by atoms with Crippen LogP contribution in [0.25, 0.3) is 0 Å². The maximum atomic E-state index is 12.0. The smallest absolute Gasteiger partial charge is 0.277 e. The van der Waals surface area contributed by atoms with Crippen LogP contribution in [0, 0.1) is 6.92 Å². The van der Waals surface area contributed by atoms with Gasteiger partial charge in [0, 0.05) is 0 Å². The Morgan fingerprint density at radius 3 is 2.57 bits per heavy atom. The molecule has 0 aliphatic heterocycles. The van der Waals surface area contributed by atoms with Gasteiger partial charge in [0.15, 0.2) is 18.1 Å². The van der Waals surface area contributed by atoms with Crippen LogP contribution in [-0.2, 0) is 10.2 Å². The predicted molar refractivity (Wildman–Crippen MR) is 113 cm³/mol. The van der Waals surface area contributed by atoms with Crippen LogP contribution in [0.4, 0.5) is 0 Å². The van der Waals surface area contributed by atoms with E-state index in [1.807, 2.05) is 19.1 Å². The molecule has 2 aromatic carbocycles. The number of aromatic hydroxyl groups is 1. The second kappa shape index (κ2) is 9.10. The fraction of sp³-hybridized carbons (Fsp3) is 0.333. The lowest BCUT2D eigenvalue weighted by Crippen LogP contribution is -2.24. The van der Waals surface area contributed by atoms with E-state index in [4.69, 9.17) is 9.47 Å². The third-order valence-electron chi connectivity index (χ3n) is 4.07. The summed E-state index contributed by atoms with van der Waals surface area (Å²) in [7, 11) is 1.46. The zero-order valence-corrected chi connectivity index (χ0v) is 18.3. The van der Waals surface area contributed by atoms with Gasteiger partial charge in [-0.15, -0.1) is 0 Å². The second-order valence-electron chi connectivity index (χ2n) is 7.37. The molecular weight excluding hydrogens is 424 g/mol. The van der Waals surface area contributed by atoms with Gasteiger partial charge in [-0.05, 0) is 63.2 Å². The first-order valence-corrected chi connectivity index (χ1v) is 9.53. The zero-order valence-electron chi connectivity index (χ0n) is 16.7. The summed E-state index contributed by atoms with van der Waals surface area (Å²) in [6, 6.07) is 9.22. The molecule has 1 amide bonds. The molecule has 0 saturated carbocycles. The Hall–Kier alpha value is -2.54. The summed E-state index contributed by atoms with van der Waals surface area (Å²) in [5.74, 6) is 0.601. The molecule has 2 aromatic rings. The molecule has 0 heterocycles. The summed E-state index contributed by atoms with van der Waals surface area (Å²) in [4.78, 5) is 12.0. The minimum atomic E-state index is -0.375. The lowest BCUT2D eigenvalue weighted by Gasteiger charge is -2.20. The van der Waals surface area contributed by atoms with Crippen LogP contribution in [0.1, 0.15) is 37.5 Å². The molecule has 0 atom stereocenters. The normalized spacial score (nSPS) is 11.5. The number of ether oxygens (including phenoxy) is 2. The van der Waals surface area contributed by atoms with Gasteiger partial charge in [-0.3, -0.25) is 4.79 Å². The summed E-state index contributed by atoms with van der Waals surface area (Å²) in [6.07, 6.45) is 1.45. The minimum absolute atomic E-state index is 0.00457. The van der Waals surface area contributed by atoms with E-state index < -0.39 is 0 Å². The first kappa shape index (κ1) is 21.8. The highest BCUT2D eigenvalue weighted by atomic mass is 79.9. The number of benzene rings is 2. The number of nitrogens with zero attached hydrogens (tertiary/aromatic N) is 1.